The predicted molar refractivity (Wildman–Crippen MR) is 92.3 cm³/mol. The maximum Gasteiger partial charge on any atom is 0.308 e. The summed E-state index contributed by atoms with van der Waals surface area (Å²) in [6, 6.07) is 3.26. The highest BCUT2D eigenvalue weighted by Crippen LogP contribution is 2.26. The molecule has 3 unspecified atom stereocenters. The number of carbonyl (C=O) groups excluding carboxylic acids is 1. The van der Waals surface area contributed by atoms with Crippen LogP contribution in [0.3, 0.4) is 0 Å². The van der Waals surface area contributed by atoms with Crippen molar-refractivity contribution >= 4 is 21.9 Å². The summed E-state index contributed by atoms with van der Waals surface area (Å²) >= 11 is 0. The van der Waals surface area contributed by atoms with Gasteiger partial charge in [0, 0.05) is 12.6 Å². The van der Waals surface area contributed by atoms with Crippen LogP contribution in [-0.2, 0) is 19.6 Å². The van der Waals surface area contributed by atoms with Crippen LogP contribution in [0.25, 0.3) is 0 Å². The molecule has 9 heteroatoms. The molecule has 0 saturated carbocycles. The molecule has 26 heavy (non-hydrogen) atoms. The first kappa shape index (κ1) is 20.3. The number of sulfonamides is 1. The van der Waals surface area contributed by atoms with Crippen LogP contribution in [0.15, 0.2) is 29.2 Å². The van der Waals surface area contributed by atoms with Crippen molar-refractivity contribution in [3.63, 3.8) is 0 Å². The van der Waals surface area contributed by atoms with Gasteiger partial charge in [-0.1, -0.05) is 26.0 Å². The molecule has 2 N–H and O–H groups in total. The summed E-state index contributed by atoms with van der Waals surface area (Å²) in [6.45, 7) is 5.21. The first-order valence-electron chi connectivity index (χ1n) is 8.36. The Hall–Kier alpha value is -2.00. The van der Waals surface area contributed by atoms with E-state index in [-0.39, 0.29) is 6.54 Å². The van der Waals surface area contributed by atoms with Crippen LogP contribution in [-0.4, -0.2) is 48.9 Å². The molecular formula is C17H23FN2O5S. The Morgan fingerprint density at radius 1 is 1.31 bits per heavy atom. The maximum absolute atomic E-state index is 13.9. The Kier molecular flexibility index (Phi) is 6.02. The van der Waals surface area contributed by atoms with Crippen LogP contribution >= 0.6 is 0 Å². The molecule has 0 spiro atoms. The van der Waals surface area contributed by atoms with Crippen molar-refractivity contribution in [2.45, 2.75) is 44.2 Å². The zero-order valence-electron chi connectivity index (χ0n) is 14.8. The van der Waals surface area contributed by atoms with Gasteiger partial charge in [0.1, 0.15) is 16.8 Å². The number of benzene rings is 1. The average molecular weight is 386 g/mol. The minimum absolute atomic E-state index is 0.238. The number of halogens is 1. The zero-order chi connectivity index (χ0) is 19.6. The third-order valence-electron chi connectivity index (χ3n) is 4.70. The van der Waals surface area contributed by atoms with Crippen molar-refractivity contribution in [1.82, 2.24) is 9.62 Å². The fourth-order valence-electron chi connectivity index (χ4n) is 3.12. The maximum atomic E-state index is 13.9. The van der Waals surface area contributed by atoms with E-state index < -0.39 is 56.5 Å². The van der Waals surface area contributed by atoms with Crippen LogP contribution in [0.2, 0.25) is 0 Å². The molecule has 1 fully saturated rings. The number of hydrogen-bond donors (Lipinski definition) is 2. The van der Waals surface area contributed by atoms with Gasteiger partial charge in [0.2, 0.25) is 15.9 Å². The number of hydrogen-bond acceptors (Lipinski definition) is 4. The second-order valence-corrected chi connectivity index (χ2v) is 8.46. The van der Waals surface area contributed by atoms with Crippen LogP contribution < -0.4 is 4.72 Å². The Morgan fingerprint density at radius 3 is 2.42 bits per heavy atom. The van der Waals surface area contributed by atoms with Gasteiger partial charge in [-0.25, -0.2) is 12.8 Å². The molecule has 1 aromatic rings. The van der Waals surface area contributed by atoms with E-state index in [2.05, 4.69) is 4.72 Å². The van der Waals surface area contributed by atoms with E-state index in [1.807, 2.05) is 0 Å². The Bertz CT molecular complexity index is 796. The minimum atomic E-state index is -4.25. The van der Waals surface area contributed by atoms with Gasteiger partial charge in [-0.05, 0) is 31.4 Å². The molecule has 1 amide bonds. The number of aliphatic carboxylic acids is 1. The highest BCUT2D eigenvalue weighted by atomic mass is 32.2. The lowest BCUT2D eigenvalue weighted by molar-refractivity contribution is -0.143. The molecule has 144 valence electrons. The smallest absolute Gasteiger partial charge is 0.308 e. The second-order valence-electron chi connectivity index (χ2n) is 6.78. The lowest BCUT2D eigenvalue weighted by Gasteiger charge is -2.30. The van der Waals surface area contributed by atoms with Crippen LogP contribution in [0, 0.1) is 17.7 Å². The molecule has 0 bridgehead atoms. The number of carbonyl (C=O) groups is 2. The third-order valence-corrected chi connectivity index (χ3v) is 6.17. The number of likely N-dealkylation sites (tertiary alicyclic amines) is 1. The van der Waals surface area contributed by atoms with Gasteiger partial charge in [-0.15, -0.1) is 0 Å². The fourth-order valence-corrected chi connectivity index (χ4v) is 4.54. The minimum Gasteiger partial charge on any atom is -0.481 e. The summed E-state index contributed by atoms with van der Waals surface area (Å²) in [5.74, 6) is -3.48. The second kappa shape index (κ2) is 7.71. The van der Waals surface area contributed by atoms with Gasteiger partial charge in [0.15, 0.2) is 0 Å². The van der Waals surface area contributed by atoms with Crippen molar-refractivity contribution in [1.29, 1.82) is 0 Å². The van der Waals surface area contributed by atoms with Crippen LogP contribution in [0.4, 0.5) is 4.39 Å². The van der Waals surface area contributed by atoms with E-state index in [1.54, 1.807) is 20.8 Å². The van der Waals surface area contributed by atoms with Crippen molar-refractivity contribution in [2.24, 2.45) is 11.8 Å². The van der Waals surface area contributed by atoms with Crippen LogP contribution in [0.5, 0.6) is 0 Å². The van der Waals surface area contributed by atoms with E-state index in [0.29, 0.717) is 6.42 Å². The monoisotopic (exact) mass is 386 g/mol. The van der Waals surface area contributed by atoms with Gasteiger partial charge in [0.25, 0.3) is 0 Å². The molecule has 1 aromatic carbocycles. The number of carboxylic acids is 1. The van der Waals surface area contributed by atoms with E-state index in [1.165, 1.54) is 17.0 Å². The highest BCUT2D eigenvalue weighted by molar-refractivity contribution is 7.89. The van der Waals surface area contributed by atoms with Crippen molar-refractivity contribution < 1.29 is 27.5 Å². The number of nitrogens with zero attached hydrogens (tertiary/aromatic N) is 1. The number of rotatable bonds is 6. The molecule has 2 rings (SSSR count). The van der Waals surface area contributed by atoms with Gasteiger partial charge >= 0.3 is 5.97 Å². The lowest BCUT2D eigenvalue weighted by atomic mass is 10.0. The molecule has 0 aromatic heterocycles. The summed E-state index contributed by atoms with van der Waals surface area (Å²) in [5.41, 5.74) is 0. The van der Waals surface area contributed by atoms with Gasteiger partial charge in [0.05, 0.1) is 5.92 Å². The lowest BCUT2D eigenvalue weighted by Crippen LogP contribution is -2.52. The van der Waals surface area contributed by atoms with Gasteiger partial charge in [-0.3, -0.25) is 9.59 Å². The van der Waals surface area contributed by atoms with Crippen molar-refractivity contribution in [2.75, 3.05) is 6.54 Å². The van der Waals surface area contributed by atoms with Gasteiger partial charge in [-0.2, -0.15) is 4.72 Å². The Labute approximate surface area is 152 Å². The molecule has 0 aliphatic carbocycles. The number of amides is 1. The molecular weight excluding hydrogens is 363 g/mol. The normalized spacial score (nSPS) is 21.8. The first-order chi connectivity index (χ1) is 12.1. The average Bonchev–Trinajstić information content (AvgIpc) is 2.94. The number of carboxylic acid groups (broad SMARTS) is 1. The topological polar surface area (TPSA) is 104 Å². The van der Waals surface area contributed by atoms with E-state index in [4.69, 9.17) is 0 Å². The highest BCUT2D eigenvalue weighted by Gasteiger charge is 2.42. The van der Waals surface area contributed by atoms with Crippen molar-refractivity contribution in [3.8, 4) is 0 Å². The van der Waals surface area contributed by atoms with Gasteiger partial charge < -0.3 is 10.0 Å². The van der Waals surface area contributed by atoms with E-state index in [0.717, 1.165) is 12.1 Å². The SMILES string of the molecule is CC(C)C(NS(=O)(=O)c1ccccc1F)C(=O)N1CCC(C(=O)O)C1C. The standard InChI is InChI=1S/C17H23FN2O5S/c1-10(2)15(16(21)20-9-8-12(11(20)3)17(22)23)19-26(24,25)14-7-5-4-6-13(14)18/h4-7,10-12,15,19H,8-9H2,1-3H3,(H,22,23). The first-order valence-corrected chi connectivity index (χ1v) is 9.84. The Balaban J connectivity index is 2.26. The predicted octanol–water partition coefficient (Wildman–Crippen LogP) is 1.45. The largest absolute Gasteiger partial charge is 0.481 e. The molecule has 1 saturated heterocycles. The van der Waals surface area contributed by atoms with Crippen LogP contribution in [0.1, 0.15) is 27.2 Å². The molecule has 1 aliphatic heterocycles. The quantitative estimate of drug-likeness (QED) is 0.770. The summed E-state index contributed by atoms with van der Waals surface area (Å²) in [4.78, 5) is 25.0. The van der Waals surface area contributed by atoms with E-state index in [9.17, 15) is 27.5 Å². The molecule has 3 atom stereocenters. The summed E-state index contributed by atoms with van der Waals surface area (Å²) in [7, 11) is -4.25. The Morgan fingerprint density at radius 2 is 1.92 bits per heavy atom. The summed E-state index contributed by atoms with van der Waals surface area (Å²) < 4.78 is 41.2. The third kappa shape index (κ3) is 4.04. The molecule has 1 aliphatic rings. The summed E-state index contributed by atoms with van der Waals surface area (Å²) in [5, 5.41) is 9.21. The number of nitrogens with one attached hydrogen (secondary N) is 1. The zero-order valence-corrected chi connectivity index (χ0v) is 15.7. The van der Waals surface area contributed by atoms with E-state index >= 15 is 0 Å². The molecule has 7 nitrogen and oxygen atoms in total. The molecule has 0 radical (unpaired) electrons. The van der Waals surface area contributed by atoms with Crippen molar-refractivity contribution in [3.05, 3.63) is 30.1 Å². The molecule has 1 heterocycles. The fraction of sp³-hybridized carbons (Fsp3) is 0.529. The summed E-state index contributed by atoms with van der Waals surface area (Å²) in [6.07, 6.45) is 0.313.